The van der Waals surface area contributed by atoms with Gasteiger partial charge in [-0.1, -0.05) is 106 Å². The van der Waals surface area contributed by atoms with Gasteiger partial charge in [0.1, 0.15) is 0 Å². The van der Waals surface area contributed by atoms with Gasteiger partial charge in [0.2, 0.25) is 0 Å². The maximum atomic E-state index is 2.36. The molecule has 0 aliphatic rings. The number of halogens is 2. The van der Waals surface area contributed by atoms with Crippen LogP contribution in [0.5, 0.6) is 0 Å². The average molecular weight is 765 g/mol. The minimum absolute atomic E-state index is 0. The molecule has 0 saturated heterocycles. The Balaban J connectivity index is 0.000000227. The summed E-state index contributed by atoms with van der Waals surface area (Å²) >= 11 is 1.74. The monoisotopic (exact) mass is 762 g/mol. The van der Waals surface area contributed by atoms with Crippen LogP contribution in [0, 0.1) is 34.6 Å². The van der Waals surface area contributed by atoms with Gasteiger partial charge in [0.25, 0.3) is 0 Å². The molecule has 0 spiro atoms. The first-order chi connectivity index (χ1) is 22.0. The van der Waals surface area contributed by atoms with Crippen LogP contribution in [0.1, 0.15) is 53.1 Å². The standard InChI is InChI=1S/C22H19.C20H21.C2H6Si.2ClH.Zr/c1-15(2)18-13-17-9-6-12-21(22(17)14-18)20-11-5-8-16-7-3-4-10-19(16)20;1-12-10-19-14(3)7-9-18(20(19)11-12)17-8-6-13(2)15(4)16(17)5;1-3-2;;;/h3-15H,1-2H3;6-11H,1-5H3;1-2H3;2*1H;/q2*-1;;;;+2/p-2. The summed E-state index contributed by atoms with van der Waals surface area (Å²) in [6.45, 7) is 20.1. The Kier molecular flexibility index (Phi) is 14.3. The van der Waals surface area contributed by atoms with Gasteiger partial charge in [-0.25, -0.2) is 0 Å². The molecular weight excluding hydrogens is 719 g/mol. The summed E-state index contributed by atoms with van der Waals surface area (Å²) in [6.07, 6.45) is 0. The fourth-order valence-corrected chi connectivity index (χ4v) is 6.36. The maximum absolute atomic E-state index is 2.36. The number of rotatable bonds is 3. The molecule has 0 aliphatic carbocycles. The summed E-state index contributed by atoms with van der Waals surface area (Å²) in [7, 11) is 0. The van der Waals surface area contributed by atoms with Crippen molar-refractivity contribution < 1.29 is 48.1 Å². The van der Waals surface area contributed by atoms with E-state index >= 15 is 0 Å². The quantitative estimate of drug-likeness (QED) is 0.134. The number of hydrogen-bond acceptors (Lipinski definition) is 0. The fourth-order valence-electron chi connectivity index (χ4n) is 6.36. The molecule has 0 atom stereocenters. The Morgan fingerprint density at radius 3 is 1.81 bits per heavy atom. The van der Waals surface area contributed by atoms with Crippen molar-refractivity contribution >= 4 is 37.8 Å². The van der Waals surface area contributed by atoms with E-state index in [0.717, 1.165) is 0 Å². The molecule has 0 bridgehead atoms. The zero-order valence-electron chi connectivity index (χ0n) is 29.7. The number of hydrogen-bond donors (Lipinski definition) is 0. The number of fused-ring (bicyclic) bond motifs is 3. The van der Waals surface area contributed by atoms with Gasteiger partial charge in [0.15, 0.2) is 0 Å². The van der Waals surface area contributed by atoms with Crippen LogP contribution in [0.4, 0.5) is 0 Å². The number of benzene rings is 5. The second-order valence-corrected chi connectivity index (χ2v) is 22.6. The van der Waals surface area contributed by atoms with E-state index in [2.05, 4.69) is 171 Å². The SMILES string of the molecule is CC(C)c1cc2c(-c3cccc4ccccc34)cccc2[cH-]1.C[Si](C)=[Zr+2].Cc1cc2c(-c3ccc(C)c(C)c3C)ccc(C)c2[cH-]1.[Cl-].[Cl-]. The molecule has 0 heterocycles. The van der Waals surface area contributed by atoms with Gasteiger partial charge in [0, 0.05) is 0 Å². The van der Waals surface area contributed by atoms with Crippen molar-refractivity contribution in [2.45, 2.75) is 67.5 Å². The summed E-state index contributed by atoms with van der Waals surface area (Å²) in [4.78, 5) is 0. The minimum atomic E-state index is 0. The largest absolute Gasteiger partial charge is 1.00 e. The molecule has 4 heteroatoms. The predicted octanol–water partition coefficient (Wildman–Crippen LogP) is 7.06. The predicted molar refractivity (Wildman–Crippen MR) is 203 cm³/mol. The van der Waals surface area contributed by atoms with Crippen LogP contribution >= 0.6 is 0 Å². The molecule has 0 N–H and O–H groups in total. The minimum Gasteiger partial charge on any atom is -1.00 e. The van der Waals surface area contributed by atoms with Crippen LogP contribution in [0.25, 0.3) is 54.6 Å². The molecule has 0 aromatic heterocycles. The molecule has 7 aromatic rings. The molecule has 0 amide bonds. The molecule has 0 radical (unpaired) electrons. The van der Waals surface area contributed by atoms with Gasteiger partial charge in [-0.3, -0.25) is 0 Å². The van der Waals surface area contributed by atoms with E-state index in [1.54, 1.807) is 23.3 Å². The molecule has 0 nitrogen and oxygen atoms in total. The van der Waals surface area contributed by atoms with Crippen molar-refractivity contribution in [2.24, 2.45) is 0 Å². The molecular formula is C44H46Cl2SiZr-2. The van der Waals surface area contributed by atoms with Crippen molar-refractivity contribution in [1.82, 2.24) is 0 Å². The average Bonchev–Trinajstić information content (AvgIpc) is 3.65. The van der Waals surface area contributed by atoms with Crippen LogP contribution in [0.15, 0.2) is 109 Å². The second-order valence-electron chi connectivity index (χ2n) is 13.2. The topological polar surface area (TPSA) is 0 Å². The van der Waals surface area contributed by atoms with Crippen molar-refractivity contribution in [3.05, 3.63) is 143 Å². The fraction of sp³-hybridized carbons (Fsp3) is 0.227. The Morgan fingerprint density at radius 2 is 1.12 bits per heavy atom. The molecule has 0 fully saturated rings. The van der Waals surface area contributed by atoms with Gasteiger partial charge in [-0.2, -0.15) is 12.1 Å². The maximum Gasteiger partial charge on any atom is -0.0247 e. The molecule has 7 aromatic carbocycles. The zero-order valence-corrected chi connectivity index (χ0v) is 34.7. The smallest absolute Gasteiger partial charge is 0.0247 e. The van der Waals surface area contributed by atoms with Crippen LogP contribution in [-0.2, 0) is 23.3 Å². The van der Waals surface area contributed by atoms with Gasteiger partial charge in [-0.05, 0) is 65.3 Å². The third kappa shape index (κ3) is 8.70. The first-order valence-electron chi connectivity index (χ1n) is 16.4. The van der Waals surface area contributed by atoms with Gasteiger partial charge < -0.3 is 24.8 Å². The van der Waals surface area contributed by atoms with Crippen molar-refractivity contribution in [3.63, 3.8) is 0 Å². The summed E-state index contributed by atoms with van der Waals surface area (Å²) in [5, 5.41) is 8.10. The zero-order chi connectivity index (χ0) is 33.1. The van der Waals surface area contributed by atoms with Gasteiger partial charge >= 0.3 is 41.9 Å². The Bertz CT molecular complexity index is 2170. The molecule has 7 rings (SSSR count). The number of aryl methyl sites for hydroxylation is 3. The van der Waals surface area contributed by atoms with Crippen LogP contribution < -0.4 is 24.8 Å². The second kappa shape index (κ2) is 17.3. The van der Waals surface area contributed by atoms with Gasteiger partial charge in [-0.15, -0.1) is 68.6 Å². The first kappa shape index (κ1) is 39.7. The normalized spacial score (nSPS) is 10.6. The molecule has 48 heavy (non-hydrogen) atoms. The molecule has 0 unspecified atom stereocenters. The van der Waals surface area contributed by atoms with Crippen molar-refractivity contribution in [3.8, 4) is 22.3 Å². The van der Waals surface area contributed by atoms with Crippen molar-refractivity contribution in [1.29, 1.82) is 0 Å². The van der Waals surface area contributed by atoms with E-state index < -0.39 is 0 Å². The van der Waals surface area contributed by atoms with E-state index in [-0.39, 0.29) is 30.2 Å². The molecule has 0 saturated carbocycles. The van der Waals surface area contributed by atoms with E-state index in [4.69, 9.17) is 0 Å². The van der Waals surface area contributed by atoms with Crippen molar-refractivity contribution in [2.75, 3.05) is 0 Å². The third-order valence-electron chi connectivity index (χ3n) is 9.12. The van der Waals surface area contributed by atoms with Gasteiger partial charge in [0.05, 0.1) is 0 Å². The molecule has 246 valence electrons. The third-order valence-corrected chi connectivity index (χ3v) is 9.12. The Hall–Kier alpha value is -2.74. The molecule has 0 aliphatic heterocycles. The first-order valence-corrected chi connectivity index (χ1v) is 22.6. The van der Waals surface area contributed by atoms with E-state index in [1.807, 2.05) is 0 Å². The summed E-state index contributed by atoms with van der Waals surface area (Å²) in [5.74, 6) is 0.563. The Labute approximate surface area is 315 Å². The summed E-state index contributed by atoms with van der Waals surface area (Å²) in [5.41, 5.74) is 13.9. The summed E-state index contributed by atoms with van der Waals surface area (Å²) in [6, 6.07) is 40.1. The Morgan fingerprint density at radius 1 is 0.562 bits per heavy atom. The van der Waals surface area contributed by atoms with Crippen LogP contribution in [0.3, 0.4) is 0 Å². The van der Waals surface area contributed by atoms with E-state index in [0.29, 0.717) is 5.92 Å². The van der Waals surface area contributed by atoms with Crippen LogP contribution in [0.2, 0.25) is 13.1 Å². The summed E-state index contributed by atoms with van der Waals surface area (Å²) < 4.78 is 0. The van der Waals surface area contributed by atoms with E-state index in [9.17, 15) is 0 Å². The van der Waals surface area contributed by atoms with Crippen LogP contribution in [-0.4, -0.2) is 5.43 Å². The van der Waals surface area contributed by atoms with E-state index in [1.165, 1.54) is 88.0 Å².